The lowest BCUT2D eigenvalue weighted by molar-refractivity contribution is 0.539. The Labute approximate surface area is 182 Å². The summed E-state index contributed by atoms with van der Waals surface area (Å²) in [4.78, 5) is 2.11. The Bertz CT molecular complexity index is 1220. The van der Waals surface area contributed by atoms with Crippen LogP contribution < -0.4 is 10.2 Å². The maximum Gasteiger partial charge on any atom is 0.0918 e. The molecule has 2 aromatic carbocycles. The highest BCUT2D eigenvalue weighted by Gasteiger charge is 2.25. The van der Waals surface area contributed by atoms with Crippen molar-refractivity contribution in [2.75, 3.05) is 24.3 Å². The van der Waals surface area contributed by atoms with Crippen molar-refractivity contribution >= 4 is 11.4 Å². The molecule has 1 unspecified atom stereocenters. The minimum Gasteiger partial charge on any atom is -0.378 e. The average Bonchev–Trinajstić information content (AvgIpc) is 3.32. The van der Waals surface area contributed by atoms with Gasteiger partial charge in [-0.2, -0.15) is 5.10 Å². The molecule has 1 aliphatic rings. The summed E-state index contributed by atoms with van der Waals surface area (Å²) < 4.78 is 3.88. The zero-order valence-corrected chi connectivity index (χ0v) is 18.4. The Kier molecular flexibility index (Phi) is 4.73. The molecule has 0 radical (unpaired) electrons. The number of aryl methyl sites for hydroxylation is 3. The Morgan fingerprint density at radius 1 is 1.06 bits per heavy atom. The molecule has 7 heteroatoms. The van der Waals surface area contributed by atoms with E-state index in [-0.39, 0.29) is 6.04 Å². The highest BCUT2D eigenvalue weighted by Crippen LogP contribution is 2.39. The molecule has 0 fully saturated rings. The van der Waals surface area contributed by atoms with E-state index in [0.717, 1.165) is 35.6 Å². The summed E-state index contributed by atoms with van der Waals surface area (Å²) in [6.45, 7) is 2.85. The highest BCUT2D eigenvalue weighted by molar-refractivity contribution is 5.74. The van der Waals surface area contributed by atoms with Crippen molar-refractivity contribution < 1.29 is 0 Å². The summed E-state index contributed by atoms with van der Waals surface area (Å²) >= 11 is 0. The van der Waals surface area contributed by atoms with Gasteiger partial charge < -0.3 is 10.2 Å². The number of anilines is 2. The van der Waals surface area contributed by atoms with Crippen molar-refractivity contribution in [2.24, 2.45) is 7.05 Å². The van der Waals surface area contributed by atoms with E-state index in [1.54, 1.807) is 0 Å². The van der Waals surface area contributed by atoms with Gasteiger partial charge in [0, 0.05) is 56.4 Å². The molecule has 1 N–H and O–H groups in total. The van der Waals surface area contributed by atoms with Crippen molar-refractivity contribution in [1.29, 1.82) is 0 Å². The molecule has 0 saturated heterocycles. The lowest BCUT2D eigenvalue weighted by Crippen LogP contribution is -2.13. The molecule has 0 amide bonds. The van der Waals surface area contributed by atoms with Gasteiger partial charge in [-0.25, -0.2) is 4.68 Å². The van der Waals surface area contributed by atoms with Crippen LogP contribution in [0.4, 0.5) is 11.4 Å². The van der Waals surface area contributed by atoms with Crippen molar-refractivity contribution in [1.82, 2.24) is 24.8 Å². The summed E-state index contributed by atoms with van der Waals surface area (Å²) in [5, 5.41) is 16.8. The van der Waals surface area contributed by atoms with Crippen molar-refractivity contribution in [3.63, 3.8) is 0 Å². The summed E-state index contributed by atoms with van der Waals surface area (Å²) in [6, 6.07) is 15.4. The lowest BCUT2D eigenvalue weighted by atomic mass is 9.93. The predicted molar refractivity (Wildman–Crippen MR) is 124 cm³/mol. The molecule has 0 spiro atoms. The first kappa shape index (κ1) is 19.4. The van der Waals surface area contributed by atoms with E-state index >= 15 is 0 Å². The fraction of sp³-hybridized carbons (Fsp3) is 0.292. The normalized spacial score (nSPS) is 15.2. The van der Waals surface area contributed by atoms with Crippen LogP contribution >= 0.6 is 0 Å². The van der Waals surface area contributed by atoms with Gasteiger partial charge in [-0.05, 0) is 54.8 Å². The lowest BCUT2D eigenvalue weighted by Gasteiger charge is -2.22. The van der Waals surface area contributed by atoms with Gasteiger partial charge in [0.25, 0.3) is 0 Å². The van der Waals surface area contributed by atoms with Crippen LogP contribution in [0.15, 0.2) is 54.9 Å². The number of hydrogen-bond acceptors (Lipinski definition) is 5. The van der Waals surface area contributed by atoms with E-state index < -0.39 is 0 Å². The van der Waals surface area contributed by atoms with Gasteiger partial charge in [0.05, 0.1) is 23.6 Å². The highest BCUT2D eigenvalue weighted by atomic mass is 15.4. The molecule has 3 heterocycles. The molecule has 7 nitrogen and oxygen atoms in total. The molecule has 31 heavy (non-hydrogen) atoms. The Hall–Kier alpha value is -3.61. The van der Waals surface area contributed by atoms with Crippen LogP contribution in [0.5, 0.6) is 0 Å². The summed E-state index contributed by atoms with van der Waals surface area (Å²) in [5.74, 6) is 0. The van der Waals surface area contributed by atoms with Gasteiger partial charge in [-0.3, -0.25) is 4.68 Å². The van der Waals surface area contributed by atoms with Gasteiger partial charge in [-0.1, -0.05) is 17.3 Å². The zero-order valence-electron chi connectivity index (χ0n) is 18.4. The van der Waals surface area contributed by atoms with Gasteiger partial charge >= 0.3 is 0 Å². The SMILES string of the molecule is Cc1nnn2c1-c1ccc(-c3cnn(C)c3)cc1C(Nc1ccc(N(C)C)cc1)CC2. The second-order valence-corrected chi connectivity index (χ2v) is 8.38. The topological polar surface area (TPSA) is 63.8 Å². The summed E-state index contributed by atoms with van der Waals surface area (Å²) in [6.07, 6.45) is 4.89. The van der Waals surface area contributed by atoms with E-state index in [4.69, 9.17) is 0 Å². The third-order valence-corrected chi connectivity index (χ3v) is 5.98. The fourth-order valence-corrected chi connectivity index (χ4v) is 4.32. The molecule has 0 aliphatic carbocycles. The first-order chi connectivity index (χ1) is 15.0. The first-order valence-corrected chi connectivity index (χ1v) is 10.6. The molecule has 0 bridgehead atoms. The van der Waals surface area contributed by atoms with Crippen LogP contribution in [-0.2, 0) is 13.6 Å². The second-order valence-electron chi connectivity index (χ2n) is 8.38. The minimum absolute atomic E-state index is 0.165. The monoisotopic (exact) mass is 413 g/mol. The Morgan fingerprint density at radius 2 is 1.87 bits per heavy atom. The van der Waals surface area contributed by atoms with Crippen LogP contribution in [0.25, 0.3) is 22.4 Å². The van der Waals surface area contributed by atoms with Crippen molar-refractivity contribution in [3.05, 3.63) is 66.1 Å². The quantitative estimate of drug-likeness (QED) is 0.541. The van der Waals surface area contributed by atoms with Gasteiger partial charge in [0.2, 0.25) is 0 Å². The predicted octanol–water partition coefficient (Wildman–Crippen LogP) is 4.28. The standard InChI is InChI=1S/C24H27N7/c1-16-24-21-10-5-17(18-14-25-30(4)15-18)13-22(21)23(11-12-31(24)28-27-16)26-19-6-8-20(9-7-19)29(2)3/h5-10,13-15,23,26H,11-12H2,1-4H3. The van der Waals surface area contributed by atoms with Crippen molar-refractivity contribution in [2.45, 2.75) is 25.9 Å². The van der Waals surface area contributed by atoms with E-state index in [9.17, 15) is 0 Å². The van der Waals surface area contributed by atoms with Gasteiger partial charge in [-0.15, -0.1) is 5.10 Å². The van der Waals surface area contributed by atoms with E-state index in [2.05, 4.69) is 88.4 Å². The smallest absolute Gasteiger partial charge is 0.0918 e. The Morgan fingerprint density at radius 3 is 2.58 bits per heavy atom. The molecule has 2 aromatic heterocycles. The molecule has 4 aromatic rings. The van der Waals surface area contributed by atoms with Crippen LogP contribution in [0, 0.1) is 6.92 Å². The summed E-state index contributed by atoms with van der Waals surface area (Å²) in [5.41, 5.74) is 9.12. The average molecular weight is 414 g/mol. The molecule has 1 atom stereocenters. The van der Waals surface area contributed by atoms with Gasteiger partial charge in [0.1, 0.15) is 0 Å². The number of nitrogens with one attached hydrogen (secondary N) is 1. The largest absolute Gasteiger partial charge is 0.378 e. The van der Waals surface area contributed by atoms with Crippen LogP contribution in [0.3, 0.4) is 0 Å². The number of rotatable bonds is 4. The van der Waals surface area contributed by atoms with Crippen molar-refractivity contribution in [3.8, 4) is 22.4 Å². The third-order valence-electron chi connectivity index (χ3n) is 5.98. The maximum absolute atomic E-state index is 4.39. The van der Waals surface area contributed by atoms with Crippen LogP contribution in [0.1, 0.15) is 23.7 Å². The van der Waals surface area contributed by atoms with E-state index in [1.165, 1.54) is 22.4 Å². The van der Waals surface area contributed by atoms with E-state index in [0.29, 0.717) is 0 Å². The molecular weight excluding hydrogens is 386 g/mol. The van der Waals surface area contributed by atoms with E-state index in [1.807, 2.05) is 29.5 Å². The summed E-state index contributed by atoms with van der Waals surface area (Å²) in [7, 11) is 6.06. The third kappa shape index (κ3) is 3.56. The second kappa shape index (κ2) is 7.58. The molecule has 5 rings (SSSR count). The maximum atomic E-state index is 4.39. The minimum atomic E-state index is 0.165. The molecule has 0 saturated carbocycles. The first-order valence-electron chi connectivity index (χ1n) is 10.6. The molecule has 1 aliphatic heterocycles. The van der Waals surface area contributed by atoms with Crippen LogP contribution in [-0.4, -0.2) is 38.9 Å². The fourth-order valence-electron chi connectivity index (χ4n) is 4.32. The van der Waals surface area contributed by atoms with Gasteiger partial charge in [0.15, 0.2) is 0 Å². The number of benzene rings is 2. The number of hydrogen-bond donors (Lipinski definition) is 1. The van der Waals surface area contributed by atoms with Crippen LogP contribution in [0.2, 0.25) is 0 Å². The molecular formula is C24H27N7. The zero-order chi connectivity index (χ0) is 21.5. The molecule has 158 valence electrons. The number of aromatic nitrogens is 5. The number of fused-ring (bicyclic) bond motifs is 3. The Balaban J connectivity index is 1.57. The number of nitrogens with zero attached hydrogens (tertiary/aromatic N) is 6.